The lowest BCUT2D eigenvalue weighted by Gasteiger charge is -2.42. The highest BCUT2D eigenvalue weighted by molar-refractivity contribution is 5.77. The van der Waals surface area contributed by atoms with Crippen molar-refractivity contribution in [2.24, 2.45) is 0 Å². The van der Waals surface area contributed by atoms with Crippen LogP contribution in [0.2, 0.25) is 0 Å². The standard InChI is InChI=1S/C11H21NO4/c1-11(2)8-12(10(13)7-15-4)5-9(16-11)6-14-3/h9H,5-8H2,1-4H3. The predicted molar refractivity (Wildman–Crippen MR) is 59.3 cm³/mol. The zero-order chi connectivity index (χ0) is 12.2. The lowest BCUT2D eigenvalue weighted by atomic mass is 10.1. The van der Waals surface area contributed by atoms with Gasteiger partial charge >= 0.3 is 0 Å². The Morgan fingerprint density at radius 2 is 2.12 bits per heavy atom. The van der Waals surface area contributed by atoms with E-state index in [9.17, 15) is 4.79 Å². The maximum absolute atomic E-state index is 11.7. The molecule has 1 amide bonds. The Morgan fingerprint density at radius 3 is 2.69 bits per heavy atom. The predicted octanol–water partition coefficient (Wildman–Crippen LogP) is 0.285. The second kappa shape index (κ2) is 5.61. The second-order valence-electron chi connectivity index (χ2n) is 4.66. The highest BCUT2D eigenvalue weighted by atomic mass is 16.5. The first-order valence-electron chi connectivity index (χ1n) is 5.42. The number of hydrogen-bond acceptors (Lipinski definition) is 4. The van der Waals surface area contributed by atoms with E-state index < -0.39 is 0 Å². The van der Waals surface area contributed by atoms with Gasteiger partial charge < -0.3 is 19.1 Å². The molecule has 1 rings (SSSR count). The van der Waals surface area contributed by atoms with Gasteiger partial charge in [-0.05, 0) is 13.8 Å². The molecule has 1 fully saturated rings. The van der Waals surface area contributed by atoms with Crippen LogP contribution >= 0.6 is 0 Å². The van der Waals surface area contributed by atoms with Crippen LogP contribution in [0.3, 0.4) is 0 Å². The zero-order valence-electron chi connectivity index (χ0n) is 10.5. The average molecular weight is 231 g/mol. The number of amides is 1. The third-order valence-corrected chi connectivity index (χ3v) is 2.45. The molecule has 0 saturated carbocycles. The van der Waals surface area contributed by atoms with E-state index in [1.165, 1.54) is 7.11 Å². The van der Waals surface area contributed by atoms with Crippen LogP contribution in [0, 0.1) is 0 Å². The molecule has 94 valence electrons. The third kappa shape index (κ3) is 3.73. The van der Waals surface area contributed by atoms with Gasteiger partial charge in [-0.25, -0.2) is 0 Å². The maximum atomic E-state index is 11.7. The van der Waals surface area contributed by atoms with Crippen LogP contribution < -0.4 is 0 Å². The molecule has 0 aromatic carbocycles. The lowest BCUT2D eigenvalue weighted by molar-refractivity contribution is -0.171. The minimum Gasteiger partial charge on any atom is -0.382 e. The van der Waals surface area contributed by atoms with E-state index in [1.54, 1.807) is 12.0 Å². The summed E-state index contributed by atoms with van der Waals surface area (Å²) in [6.45, 7) is 5.73. The van der Waals surface area contributed by atoms with E-state index in [4.69, 9.17) is 14.2 Å². The van der Waals surface area contributed by atoms with Crippen molar-refractivity contribution in [1.29, 1.82) is 0 Å². The number of nitrogens with zero attached hydrogens (tertiary/aromatic N) is 1. The Kier molecular flexibility index (Phi) is 4.70. The number of morpholine rings is 1. The number of hydrogen-bond donors (Lipinski definition) is 0. The maximum Gasteiger partial charge on any atom is 0.248 e. The molecule has 16 heavy (non-hydrogen) atoms. The summed E-state index contributed by atoms with van der Waals surface area (Å²) in [7, 11) is 3.16. The molecule has 1 atom stereocenters. The Balaban J connectivity index is 2.61. The summed E-state index contributed by atoms with van der Waals surface area (Å²) >= 11 is 0. The summed E-state index contributed by atoms with van der Waals surface area (Å²) in [4.78, 5) is 13.5. The van der Waals surface area contributed by atoms with Gasteiger partial charge in [-0.3, -0.25) is 4.79 Å². The minimum atomic E-state index is -0.329. The van der Waals surface area contributed by atoms with Gasteiger partial charge in [0.25, 0.3) is 0 Å². The number of carbonyl (C=O) groups excluding carboxylic acids is 1. The molecule has 5 heteroatoms. The first-order valence-corrected chi connectivity index (χ1v) is 5.42. The van der Waals surface area contributed by atoms with Gasteiger partial charge in [0.1, 0.15) is 6.61 Å². The fourth-order valence-corrected chi connectivity index (χ4v) is 1.97. The smallest absolute Gasteiger partial charge is 0.248 e. The number of methoxy groups -OCH3 is 2. The van der Waals surface area contributed by atoms with Crippen molar-refractivity contribution in [3.8, 4) is 0 Å². The monoisotopic (exact) mass is 231 g/mol. The van der Waals surface area contributed by atoms with E-state index >= 15 is 0 Å². The molecule has 0 aliphatic carbocycles. The van der Waals surface area contributed by atoms with Crippen LogP contribution in [0.1, 0.15) is 13.8 Å². The fourth-order valence-electron chi connectivity index (χ4n) is 1.97. The molecular weight excluding hydrogens is 210 g/mol. The number of rotatable bonds is 4. The number of ether oxygens (including phenoxy) is 3. The van der Waals surface area contributed by atoms with Crippen LogP contribution in [-0.2, 0) is 19.0 Å². The van der Waals surface area contributed by atoms with Crippen molar-refractivity contribution >= 4 is 5.91 Å². The first-order chi connectivity index (χ1) is 7.48. The van der Waals surface area contributed by atoms with Crippen molar-refractivity contribution in [3.63, 3.8) is 0 Å². The summed E-state index contributed by atoms with van der Waals surface area (Å²) in [6.07, 6.45) is -0.0606. The molecule has 1 saturated heterocycles. The first kappa shape index (κ1) is 13.4. The molecule has 0 N–H and O–H groups in total. The topological polar surface area (TPSA) is 48.0 Å². The van der Waals surface area contributed by atoms with Gasteiger partial charge in [-0.15, -0.1) is 0 Å². The molecule has 0 radical (unpaired) electrons. The van der Waals surface area contributed by atoms with Gasteiger partial charge in [0.05, 0.1) is 18.3 Å². The summed E-state index contributed by atoms with van der Waals surface area (Å²) in [5.74, 6) is -0.0000203. The lowest BCUT2D eigenvalue weighted by Crippen LogP contribution is -2.56. The SMILES string of the molecule is COCC(=O)N1CC(COC)OC(C)(C)C1. The summed E-state index contributed by atoms with van der Waals surface area (Å²) in [5.41, 5.74) is -0.329. The van der Waals surface area contributed by atoms with Crippen molar-refractivity contribution in [3.05, 3.63) is 0 Å². The summed E-state index contributed by atoms with van der Waals surface area (Å²) in [5, 5.41) is 0. The van der Waals surface area contributed by atoms with E-state index in [0.29, 0.717) is 19.7 Å². The molecule has 1 aliphatic heterocycles. The largest absolute Gasteiger partial charge is 0.382 e. The molecule has 0 spiro atoms. The highest BCUT2D eigenvalue weighted by Gasteiger charge is 2.35. The quantitative estimate of drug-likeness (QED) is 0.697. The van der Waals surface area contributed by atoms with Crippen molar-refractivity contribution in [2.45, 2.75) is 25.6 Å². The Morgan fingerprint density at radius 1 is 1.44 bits per heavy atom. The van der Waals surface area contributed by atoms with Crippen LogP contribution in [0.25, 0.3) is 0 Å². The van der Waals surface area contributed by atoms with E-state index in [0.717, 1.165) is 0 Å². The van der Waals surface area contributed by atoms with Gasteiger partial charge in [0, 0.05) is 27.3 Å². The van der Waals surface area contributed by atoms with E-state index in [1.807, 2.05) is 13.8 Å². The second-order valence-corrected chi connectivity index (χ2v) is 4.66. The van der Waals surface area contributed by atoms with E-state index in [2.05, 4.69) is 0 Å². The molecule has 5 nitrogen and oxygen atoms in total. The Hall–Kier alpha value is -0.650. The van der Waals surface area contributed by atoms with Gasteiger partial charge in [0.2, 0.25) is 5.91 Å². The van der Waals surface area contributed by atoms with Crippen LogP contribution in [0.5, 0.6) is 0 Å². The summed E-state index contributed by atoms with van der Waals surface area (Å²) in [6, 6.07) is 0. The van der Waals surface area contributed by atoms with E-state index in [-0.39, 0.29) is 24.2 Å². The van der Waals surface area contributed by atoms with Gasteiger partial charge in [-0.1, -0.05) is 0 Å². The molecule has 1 heterocycles. The molecular formula is C11H21NO4. The van der Waals surface area contributed by atoms with Crippen LogP contribution in [-0.4, -0.2) is 63.0 Å². The van der Waals surface area contributed by atoms with Gasteiger partial charge in [0.15, 0.2) is 0 Å². The minimum absolute atomic E-state index is 0.0000203. The molecule has 1 unspecified atom stereocenters. The highest BCUT2D eigenvalue weighted by Crippen LogP contribution is 2.21. The van der Waals surface area contributed by atoms with Crippen molar-refractivity contribution in [2.75, 3.05) is 40.5 Å². The van der Waals surface area contributed by atoms with Gasteiger partial charge in [-0.2, -0.15) is 0 Å². The summed E-state index contributed by atoms with van der Waals surface area (Å²) < 4.78 is 15.7. The molecule has 0 aromatic rings. The van der Waals surface area contributed by atoms with Crippen molar-refractivity contribution < 1.29 is 19.0 Å². The normalized spacial score (nSPS) is 24.5. The third-order valence-electron chi connectivity index (χ3n) is 2.45. The molecule has 0 bridgehead atoms. The van der Waals surface area contributed by atoms with Crippen LogP contribution in [0.4, 0.5) is 0 Å². The Bertz CT molecular complexity index is 242. The fraction of sp³-hybridized carbons (Fsp3) is 0.909. The zero-order valence-corrected chi connectivity index (χ0v) is 10.5. The molecule has 1 aliphatic rings. The molecule has 0 aromatic heterocycles. The average Bonchev–Trinajstić information content (AvgIpc) is 2.16. The van der Waals surface area contributed by atoms with Crippen molar-refractivity contribution in [1.82, 2.24) is 4.90 Å². The Labute approximate surface area is 96.6 Å². The number of carbonyl (C=O) groups is 1. The van der Waals surface area contributed by atoms with Crippen LogP contribution in [0.15, 0.2) is 0 Å².